The molecule has 1 heterocycles. The Kier molecular flexibility index (Phi) is 5.58. The van der Waals surface area contributed by atoms with E-state index >= 15 is 0 Å². The van der Waals surface area contributed by atoms with Crippen molar-refractivity contribution in [2.45, 2.75) is 33.6 Å². The molecule has 2 rings (SSSR count). The van der Waals surface area contributed by atoms with Crippen LogP contribution in [-0.2, 0) is 9.59 Å². The predicted molar refractivity (Wildman–Crippen MR) is 93.9 cm³/mol. The second-order valence-corrected chi connectivity index (χ2v) is 7.75. The number of amides is 2. The molecular formula is C17H22Cl2N2O2. The maximum absolute atomic E-state index is 12.3. The number of anilines is 1. The molecule has 1 aromatic rings. The van der Waals surface area contributed by atoms with Crippen LogP contribution in [0.3, 0.4) is 0 Å². The fraction of sp³-hybridized carbons (Fsp3) is 0.529. The van der Waals surface area contributed by atoms with E-state index in [-0.39, 0.29) is 23.1 Å². The Labute approximate surface area is 147 Å². The summed E-state index contributed by atoms with van der Waals surface area (Å²) < 4.78 is 0. The van der Waals surface area contributed by atoms with Crippen LogP contribution in [0.5, 0.6) is 0 Å². The van der Waals surface area contributed by atoms with Crippen LogP contribution in [-0.4, -0.2) is 29.8 Å². The summed E-state index contributed by atoms with van der Waals surface area (Å²) in [6.07, 6.45) is 1.35. The zero-order valence-electron chi connectivity index (χ0n) is 13.7. The molecule has 0 atom stereocenters. The maximum Gasteiger partial charge on any atom is 0.227 e. The summed E-state index contributed by atoms with van der Waals surface area (Å²) in [4.78, 5) is 26.5. The lowest BCUT2D eigenvalue weighted by atomic mass is 9.90. The van der Waals surface area contributed by atoms with Crippen LogP contribution in [0.4, 0.5) is 5.69 Å². The molecule has 1 fully saturated rings. The van der Waals surface area contributed by atoms with E-state index in [4.69, 9.17) is 23.2 Å². The van der Waals surface area contributed by atoms with E-state index < -0.39 is 0 Å². The van der Waals surface area contributed by atoms with Gasteiger partial charge in [0, 0.05) is 30.1 Å². The highest BCUT2D eigenvalue weighted by molar-refractivity contribution is 6.42. The minimum absolute atomic E-state index is 0.0359. The average Bonchev–Trinajstić information content (AvgIpc) is 2.49. The van der Waals surface area contributed by atoms with Gasteiger partial charge in [-0.3, -0.25) is 9.59 Å². The summed E-state index contributed by atoms with van der Waals surface area (Å²) in [5.74, 6) is 0.0144. The summed E-state index contributed by atoms with van der Waals surface area (Å²) >= 11 is 11.8. The molecule has 0 radical (unpaired) electrons. The van der Waals surface area contributed by atoms with E-state index in [1.165, 1.54) is 0 Å². The molecule has 1 aliphatic rings. The van der Waals surface area contributed by atoms with E-state index in [1.807, 2.05) is 25.7 Å². The second kappa shape index (κ2) is 7.10. The maximum atomic E-state index is 12.3. The zero-order chi connectivity index (χ0) is 17.2. The SMILES string of the molecule is CC(C)(C)C(=O)N1CCC(C(=O)Nc2ccc(Cl)c(Cl)c2)CC1. The molecule has 126 valence electrons. The molecule has 1 aliphatic heterocycles. The summed E-state index contributed by atoms with van der Waals surface area (Å²) in [6, 6.07) is 5.02. The van der Waals surface area contributed by atoms with Crippen molar-refractivity contribution in [3.8, 4) is 0 Å². The Morgan fingerprint density at radius 1 is 1.13 bits per heavy atom. The molecule has 4 nitrogen and oxygen atoms in total. The number of benzene rings is 1. The van der Waals surface area contributed by atoms with Crippen molar-refractivity contribution in [1.29, 1.82) is 0 Å². The molecule has 0 spiro atoms. The highest BCUT2D eigenvalue weighted by atomic mass is 35.5. The van der Waals surface area contributed by atoms with Crippen LogP contribution in [0.2, 0.25) is 10.0 Å². The lowest BCUT2D eigenvalue weighted by Crippen LogP contribution is -2.45. The Balaban J connectivity index is 1.91. The van der Waals surface area contributed by atoms with Gasteiger partial charge >= 0.3 is 0 Å². The van der Waals surface area contributed by atoms with Crippen molar-refractivity contribution in [1.82, 2.24) is 4.90 Å². The smallest absolute Gasteiger partial charge is 0.227 e. The number of nitrogens with zero attached hydrogens (tertiary/aromatic N) is 1. The molecular weight excluding hydrogens is 335 g/mol. The van der Waals surface area contributed by atoms with Gasteiger partial charge < -0.3 is 10.2 Å². The summed E-state index contributed by atoms with van der Waals surface area (Å²) in [5, 5.41) is 3.74. The second-order valence-electron chi connectivity index (χ2n) is 6.93. The minimum atomic E-state index is -0.380. The third-order valence-electron chi connectivity index (χ3n) is 3.98. The molecule has 1 aromatic carbocycles. The molecule has 1 saturated heterocycles. The number of hydrogen-bond acceptors (Lipinski definition) is 2. The molecule has 0 saturated carbocycles. The summed E-state index contributed by atoms with van der Waals surface area (Å²) in [7, 11) is 0. The van der Waals surface area contributed by atoms with Gasteiger partial charge in [-0.1, -0.05) is 44.0 Å². The van der Waals surface area contributed by atoms with Crippen molar-refractivity contribution in [3.63, 3.8) is 0 Å². The molecule has 23 heavy (non-hydrogen) atoms. The largest absolute Gasteiger partial charge is 0.342 e. The number of likely N-dealkylation sites (tertiary alicyclic amines) is 1. The standard InChI is InChI=1S/C17H22Cl2N2O2/c1-17(2,3)16(23)21-8-6-11(7-9-21)15(22)20-12-4-5-13(18)14(19)10-12/h4-5,10-11H,6-9H2,1-3H3,(H,20,22). The van der Waals surface area contributed by atoms with E-state index in [9.17, 15) is 9.59 Å². The van der Waals surface area contributed by atoms with Gasteiger partial charge in [0.25, 0.3) is 0 Å². The van der Waals surface area contributed by atoms with Gasteiger partial charge in [0.2, 0.25) is 11.8 Å². The molecule has 2 amide bonds. The fourth-order valence-corrected chi connectivity index (χ4v) is 2.94. The van der Waals surface area contributed by atoms with E-state index in [0.717, 1.165) is 0 Å². The van der Waals surface area contributed by atoms with E-state index in [1.54, 1.807) is 18.2 Å². The number of hydrogen-bond donors (Lipinski definition) is 1. The third kappa shape index (κ3) is 4.61. The Bertz CT molecular complexity index is 603. The first kappa shape index (κ1) is 18.1. The molecule has 0 aromatic heterocycles. The zero-order valence-corrected chi connectivity index (χ0v) is 15.2. The van der Waals surface area contributed by atoms with Gasteiger partial charge in [-0.15, -0.1) is 0 Å². The highest BCUT2D eigenvalue weighted by Crippen LogP contribution is 2.27. The monoisotopic (exact) mass is 356 g/mol. The highest BCUT2D eigenvalue weighted by Gasteiger charge is 2.32. The normalized spacial score (nSPS) is 16.3. The van der Waals surface area contributed by atoms with Gasteiger partial charge in [0.15, 0.2) is 0 Å². The van der Waals surface area contributed by atoms with Crippen molar-refractivity contribution in [2.75, 3.05) is 18.4 Å². The van der Waals surface area contributed by atoms with Crippen molar-refractivity contribution >= 4 is 40.7 Å². The van der Waals surface area contributed by atoms with E-state index in [0.29, 0.717) is 41.7 Å². The fourth-order valence-electron chi connectivity index (χ4n) is 2.64. The van der Waals surface area contributed by atoms with Crippen molar-refractivity contribution in [2.24, 2.45) is 11.3 Å². The molecule has 0 aliphatic carbocycles. The quantitative estimate of drug-likeness (QED) is 0.862. The number of rotatable bonds is 2. The van der Waals surface area contributed by atoms with Gasteiger partial charge in [0.05, 0.1) is 10.0 Å². The van der Waals surface area contributed by atoms with Crippen LogP contribution in [0.1, 0.15) is 33.6 Å². The van der Waals surface area contributed by atoms with E-state index in [2.05, 4.69) is 5.32 Å². The first-order valence-corrected chi connectivity index (χ1v) is 8.49. The van der Waals surface area contributed by atoms with Crippen LogP contribution >= 0.6 is 23.2 Å². The van der Waals surface area contributed by atoms with Crippen LogP contribution in [0, 0.1) is 11.3 Å². The van der Waals surface area contributed by atoms with Crippen LogP contribution < -0.4 is 5.32 Å². The number of carbonyl (C=O) groups excluding carboxylic acids is 2. The minimum Gasteiger partial charge on any atom is -0.342 e. The molecule has 1 N–H and O–H groups in total. The number of carbonyl (C=O) groups is 2. The Hall–Kier alpha value is -1.26. The topological polar surface area (TPSA) is 49.4 Å². The van der Waals surface area contributed by atoms with Crippen LogP contribution in [0.15, 0.2) is 18.2 Å². The van der Waals surface area contributed by atoms with Gasteiger partial charge in [-0.2, -0.15) is 0 Å². The molecule has 6 heteroatoms. The van der Waals surface area contributed by atoms with Gasteiger partial charge in [-0.25, -0.2) is 0 Å². The first-order chi connectivity index (χ1) is 10.7. The average molecular weight is 357 g/mol. The molecule has 0 unspecified atom stereocenters. The lowest BCUT2D eigenvalue weighted by molar-refractivity contribution is -0.142. The predicted octanol–water partition coefficient (Wildman–Crippen LogP) is 4.22. The van der Waals surface area contributed by atoms with Crippen LogP contribution in [0.25, 0.3) is 0 Å². The third-order valence-corrected chi connectivity index (χ3v) is 4.72. The number of piperidine rings is 1. The Morgan fingerprint density at radius 3 is 2.26 bits per heavy atom. The van der Waals surface area contributed by atoms with Crippen molar-refractivity contribution < 1.29 is 9.59 Å². The number of nitrogens with one attached hydrogen (secondary N) is 1. The summed E-state index contributed by atoms with van der Waals surface area (Å²) in [5.41, 5.74) is 0.257. The van der Waals surface area contributed by atoms with Gasteiger partial charge in [-0.05, 0) is 31.0 Å². The lowest BCUT2D eigenvalue weighted by Gasteiger charge is -2.35. The summed E-state index contributed by atoms with van der Waals surface area (Å²) in [6.45, 7) is 6.99. The number of halogens is 2. The first-order valence-electron chi connectivity index (χ1n) is 7.74. The Morgan fingerprint density at radius 2 is 1.74 bits per heavy atom. The van der Waals surface area contributed by atoms with Gasteiger partial charge in [0.1, 0.15) is 0 Å². The molecule has 0 bridgehead atoms. The van der Waals surface area contributed by atoms with Crippen molar-refractivity contribution in [3.05, 3.63) is 28.2 Å².